The van der Waals surface area contributed by atoms with Crippen LogP contribution in [-0.2, 0) is 4.79 Å². The van der Waals surface area contributed by atoms with Crippen LogP contribution in [0.1, 0.15) is 39.5 Å². The van der Waals surface area contributed by atoms with Gasteiger partial charge in [0.25, 0.3) is 5.69 Å². The number of nitro benzene ring substituents is 1. The second-order valence-corrected chi connectivity index (χ2v) is 4.92. The van der Waals surface area contributed by atoms with E-state index in [9.17, 15) is 14.9 Å². The van der Waals surface area contributed by atoms with Crippen molar-refractivity contribution in [2.75, 3.05) is 11.9 Å². The molecule has 0 saturated carbocycles. The van der Waals surface area contributed by atoms with E-state index in [2.05, 4.69) is 24.5 Å². The maximum absolute atomic E-state index is 11.7. The fourth-order valence-corrected chi connectivity index (χ4v) is 1.98. The van der Waals surface area contributed by atoms with E-state index in [4.69, 9.17) is 0 Å². The summed E-state index contributed by atoms with van der Waals surface area (Å²) in [6.07, 6.45) is 3.10. The second-order valence-electron chi connectivity index (χ2n) is 4.92. The van der Waals surface area contributed by atoms with Crippen LogP contribution in [0.25, 0.3) is 0 Å². The first-order chi connectivity index (χ1) is 10.1. The van der Waals surface area contributed by atoms with Gasteiger partial charge in [-0.05, 0) is 31.4 Å². The summed E-state index contributed by atoms with van der Waals surface area (Å²) in [5, 5.41) is 16.7. The largest absolute Gasteiger partial charge is 0.385 e. The SMILES string of the molecule is CCC(CC)NC(=O)CCCNc1ccc([N+](=O)[O-])cc1. The van der Waals surface area contributed by atoms with Crippen molar-refractivity contribution >= 4 is 17.3 Å². The van der Waals surface area contributed by atoms with Gasteiger partial charge in [-0.3, -0.25) is 14.9 Å². The number of carbonyl (C=O) groups is 1. The predicted molar refractivity (Wildman–Crippen MR) is 83.3 cm³/mol. The lowest BCUT2D eigenvalue weighted by Gasteiger charge is -2.14. The van der Waals surface area contributed by atoms with E-state index >= 15 is 0 Å². The number of nitrogens with zero attached hydrogens (tertiary/aromatic N) is 1. The molecule has 6 heteroatoms. The molecule has 0 aliphatic rings. The normalized spacial score (nSPS) is 10.4. The van der Waals surface area contributed by atoms with Crippen molar-refractivity contribution in [3.8, 4) is 0 Å². The molecule has 0 aliphatic heterocycles. The molecular weight excluding hydrogens is 270 g/mol. The van der Waals surface area contributed by atoms with Crippen molar-refractivity contribution < 1.29 is 9.72 Å². The Kier molecular flexibility index (Phi) is 7.21. The molecule has 0 aliphatic carbocycles. The van der Waals surface area contributed by atoms with Crippen molar-refractivity contribution in [1.29, 1.82) is 0 Å². The van der Waals surface area contributed by atoms with Gasteiger partial charge < -0.3 is 10.6 Å². The number of carbonyl (C=O) groups excluding carboxylic acids is 1. The molecule has 116 valence electrons. The van der Waals surface area contributed by atoms with Gasteiger partial charge in [-0.25, -0.2) is 0 Å². The van der Waals surface area contributed by atoms with E-state index in [1.807, 2.05) is 0 Å². The van der Waals surface area contributed by atoms with Crippen molar-refractivity contribution in [3.05, 3.63) is 34.4 Å². The molecule has 2 N–H and O–H groups in total. The summed E-state index contributed by atoms with van der Waals surface area (Å²) < 4.78 is 0. The smallest absolute Gasteiger partial charge is 0.269 e. The highest BCUT2D eigenvalue weighted by Crippen LogP contribution is 2.15. The summed E-state index contributed by atoms with van der Waals surface area (Å²) in [6.45, 7) is 4.78. The average Bonchev–Trinajstić information content (AvgIpc) is 2.49. The Morgan fingerprint density at radius 1 is 1.24 bits per heavy atom. The lowest BCUT2D eigenvalue weighted by Crippen LogP contribution is -2.33. The van der Waals surface area contributed by atoms with E-state index < -0.39 is 4.92 Å². The summed E-state index contributed by atoms with van der Waals surface area (Å²) in [6, 6.07) is 6.52. The summed E-state index contributed by atoms with van der Waals surface area (Å²) in [5.74, 6) is 0.0780. The number of hydrogen-bond acceptors (Lipinski definition) is 4. The fourth-order valence-electron chi connectivity index (χ4n) is 1.98. The molecule has 6 nitrogen and oxygen atoms in total. The summed E-state index contributed by atoms with van der Waals surface area (Å²) in [4.78, 5) is 21.8. The van der Waals surface area contributed by atoms with Gasteiger partial charge in [0.05, 0.1) is 4.92 Å². The summed E-state index contributed by atoms with van der Waals surface area (Å²) in [7, 11) is 0. The van der Waals surface area contributed by atoms with Gasteiger partial charge >= 0.3 is 0 Å². The van der Waals surface area contributed by atoms with Gasteiger partial charge in [0.1, 0.15) is 0 Å². The lowest BCUT2D eigenvalue weighted by atomic mass is 10.1. The first-order valence-corrected chi connectivity index (χ1v) is 7.34. The predicted octanol–water partition coefficient (Wildman–Crippen LogP) is 3.09. The van der Waals surface area contributed by atoms with Crippen LogP contribution in [0.2, 0.25) is 0 Å². The third-order valence-electron chi connectivity index (χ3n) is 3.34. The number of non-ortho nitro benzene ring substituents is 1. The number of amides is 1. The Balaban J connectivity index is 2.24. The monoisotopic (exact) mass is 293 g/mol. The van der Waals surface area contributed by atoms with Crippen LogP contribution in [0.5, 0.6) is 0 Å². The first-order valence-electron chi connectivity index (χ1n) is 7.34. The maximum atomic E-state index is 11.7. The highest BCUT2D eigenvalue weighted by Gasteiger charge is 2.07. The summed E-state index contributed by atoms with van der Waals surface area (Å²) in [5.41, 5.74) is 0.895. The van der Waals surface area contributed by atoms with Crippen molar-refractivity contribution in [3.63, 3.8) is 0 Å². The zero-order valence-electron chi connectivity index (χ0n) is 12.6. The van der Waals surface area contributed by atoms with Crippen LogP contribution < -0.4 is 10.6 Å². The van der Waals surface area contributed by atoms with Crippen LogP contribution in [0.3, 0.4) is 0 Å². The molecule has 0 radical (unpaired) electrons. The van der Waals surface area contributed by atoms with Crippen LogP contribution in [0.4, 0.5) is 11.4 Å². The molecule has 0 atom stereocenters. The number of hydrogen-bond donors (Lipinski definition) is 2. The number of anilines is 1. The molecule has 0 aromatic heterocycles. The molecule has 0 spiro atoms. The Morgan fingerprint density at radius 3 is 2.38 bits per heavy atom. The number of nitro groups is 1. The molecule has 0 heterocycles. The van der Waals surface area contributed by atoms with Gasteiger partial charge in [-0.1, -0.05) is 13.8 Å². The van der Waals surface area contributed by atoms with Crippen LogP contribution in [0.15, 0.2) is 24.3 Å². The molecular formula is C15H23N3O3. The summed E-state index contributed by atoms with van der Waals surface area (Å²) >= 11 is 0. The second kappa shape index (κ2) is 8.94. The van der Waals surface area contributed by atoms with Gasteiger partial charge in [0, 0.05) is 36.8 Å². The fraction of sp³-hybridized carbons (Fsp3) is 0.533. The minimum absolute atomic E-state index is 0.0742. The molecule has 0 fully saturated rings. The minimum Gasteiger partial charge on any atom is -0.385 e. The van der Waals surface area contributed by atoms with Gasteiger partial charge in [-0.15, -0.1) is 0 Å². The van der Waals surface area contributed by atoms with Gasteiger partial charge in [0.2, 0.25) is 5.91 Å². The molecule has 21 heavy (non-hydrogen) atoms. The van der Waals surface area contributed by atoms with Crippen LogP contribution in [0, 0.1) is 10.1 Å². The van der Waals surface area contributed by atoms with Crippen molar-refractivity contribution in [2.45, 2.75) is 45.6 Å². The number of rotatable bonds is 9. The molecule has 0 saturated heterocycles. The third-order valence-corrected chi connectivity index (χ3v) is 3.34. The number of benzene rings is 1. The Bertz CT molecular complexity index is 456. The molecule has 1 aromatic rings. The highest BCUT2D eigenvalue weighted by molar-refractivity contribution is 5.76. The topological polar surface area (TPSA) is 84.3 Å². The van der Waals surface area contributed by atoms with E-state index in [1.165, 1.54) is 12.1 Å². The standard InChI is InChI=1S/C15H23N3O3/c1-3-12(4-2)17-15(19)6-5-11-16-13-7-9-14(10-8-13)18(20)21/h7-10,12,16H,3-6,11H2,1-2H3,(H,17,19). The average molecular weight is 293 g/mol. The van der Waals surface area contributed by atoms with E-state index in [0.717, 1.165) is 24.9 Å². The Hall–Kier alpha value is -2.11. The lowest BCUT2D eigenvalue weighted by molar-refractivity contribution is -0.384. The number of nitrogens with one attached hydrogen (secondary N) is 2. The Labute approximate surface area is 125 Å². The van der Waals surface area contributed by atoms with Crippen molar-refractivity contribution in [2.24, 2.45) is 0 Å². The van der Waals surface area contributed by atoms with Crippen LogP contribution in [-0.4, -0.2) is 23.4 Å². The first kappa shape index (κ1) is 16.9. The minimum atomic E-state index is -0.425. The molecule has 1 amide bonds. The van der Waals surface area contributed by atoms with E-state index in [1.54, 1.807) is 12.1 Å². The van der Waals surface area contributed by atoms with Crippen molar-refractivity contribution in [1.82, 2.24) is 5.32 Å². The van der Waals surface area contributed by atoms with Gasteiger partial charge in [-0.2, -0.15) is 0 Å². The molecule has 1 rings (SSSR count). The molecule has 0 unspecified atom stereocenters. The highest BCUT2D eigenvalue weighted by atomic mass is 16.6. The Morgan fingerprint density at radius 2 is 1.86 bits per heavy atom. The zero-order chi connectivity index (χ0) is 15.7. The van der Waals surface area contributed by atoms with Crippen LogP contribution >= 0.6 is 0 Å². The quantitative estimate of drug-likeness (QED) is 0.416. The molecule has 1 aromatic carbocycles. The third kappa shape index (κ3) is 6.25. The van der Waals surface area contributed by atoms with E-state index in [-0.39, 0.29) is 17.6 Å². The van der Waals surface area contributed by atoms with E-state index in [0.29, 0.717) is 13.0 Å². The zero-order valence-corrected chi connectivity index (χ0v) is 12.6. The molecule has 0 bridgehead atoms. The van der Waals surface area contributed by atoms with Gasteiger partial charge in [0.15, 0.2) is 0 Å². The maximum Gasteiger partial charge on any atom is 0.269 e.